The molecule has 122 valence electrons. The third-order valence-electron chi connectivity index (χ3n) is 4.47. The van der Waals surface area contributed by atoms with Crippen molar-refractivity contribution in [3.8, 4) is 11.3 Å². The number of Topliss-reactive ketones (excluding diaryl/α,β-unsaturated/α-hetero) is 1. The van der Waals surface area contributed by atoms with Crippen LogP contribution in [0.2, 0.25) is 0 Å². The fourth-order valence-electron chi connectivity index (χ4n) is 3.24. The number of carbonyl (C=O) groups is 1. The normalized spacial score (nSPS) is 10.9. The van der Waals surface area contributed by atoms with Gasteiger partial charge in [0.1, 0.15) is 0 Å². The average molecular weight is 326 g/mol. The Morgan fingerprint density at radius 1 is 0.840 bits per heavy atom. The van der Waals surface area contributed by atoms with E-state index in [1.807, 2.05) is 48.5 Å². The lowest BCUT2D eigenvalue weighted by molar-refractivity contribution is 0.0994. The molecule has 0 amide bonds. The summed E-state index contributed by atoms with van der Waals surface area (Å²) in [5.74, 6) is 0.0278. The van der Waals surface area contributed by atoms with Crippen molar-refractivity contribution < 1.29 is 4.79 Å². The number of carbonyl (C=O) groups excluding carboxylic acids is 1. The van der Waals surface area contributed by atoms with Crippen LogP contribution in [0.1, 0.15) is 15.9 Å². The number of rotatable bonds is 4. The Hall–Kier alpha value is -3.33. The predicted molar refractivity (Wildman–Crippen MR) is 103 cm³/mol. The van der Waals surface area contributed by atoms with Crippen LogP contribution in [-0.2, 0) is 6.42 Å². The van der Waals surface area contributed by atoms with Crippen LogP contribution in [0.3, 0.4) is 0 Å². The lowest BCUT2D eigenvalue weighted by Gasteiger charge is -2.07. The van der Waals surface area contributed by atoms with E-state index in [2.05, 4.69) is 23.2 Å². The quantitative estimate of drug-likeness (QED) is 0.416. The molecule has 1 heterocycles. The summed E-state index contributed by atoms with van der Waals surface area (Å²) in [5.41, 5.74) is 11.2. The standard InChI is InChI=1S/C22H18N2O/c23-19-12-6-4-11-17(19)21(25)14-18-16-10-5-7-13-20(16)24-22(18)15-8-2-1-3-9-15/h1-13,24H,14,23H2. The molecular weight excluding hydrogens is 308 g/mol. The van der Waals surface area contributed by atoms with Crippen LogP contribution < -0.4 is 5.73 Å². The number of aromatic amines is 1. The van der Waals surface area contributed by atoms with Crippen LogP contribution in [0.15, 0.2) is 78.9 Å². The first-order chi connectivity index (χ1) is 12.2. The van der Waals surface area contributed by atoms with Crippen molar-refractivity contribution >= 4 is 22.4 Å². The van der Waals surface area contributed by atoms with Crippen LogP contribution in [0, 0.1) is 0 Å². The van der Waals surface area contributed by atoms with Crippen molar-refractivity contribution in [2.24, 2.45) is 0 Å². The van der Waals surface area contributed by atoms with Gasteiger partial charge < -0.3 is 10.7 Å². The predicted octanol–water partition coefficient (Wildman–Crippen LogP) is 4.84. The number of aromatic nitrogens is 1. The molecule has 25 heavy (non-hydrogen) atoms. The summed E-state index contributed by atoms with van der Waals surface area (Å²) in [6, 6.07) is 25.4. The maximum atomic E-state index is 12.9. The van der Waals surface area contributed by atoms with Crippen molar-refractivity contribution in [2.45, 2.75) is 6.42 Å². The summed E-state index contributed by atoms with van der Waals surface area (Å²) < 4.78 is 0. The van der Waals surface area contributed by atoms with Crippen LogP contribution in [-0.4, -0.2) is 10.8 Å². The summed E-state index contributed by atoms with van der Waals surface area (Å²) in [6.07, 6.45) is 0.308. The van der Waals surface area contributed by atoms with Gasteiger partial charge in [0.15, 0.2) is 5.78 Å². The van der Waals surface area contributed by atoms with E-state index >= 15 is 0 Å². The minimum absolute atomic E-state index is 0.0278. The second-order valence-corrected chi connectivity index (χ2v) is 6.08. The molecule has 4 aromatic rings. The summed E-state index contributed by atoms with van der Waals surface area (Å²) in [5, 5.41) is 1.07. The molecule has 3 heteroatoms. The van der Waals surface area contributed by atoms with Crippen LogP contribution in [0.25, 0.3) is 22.2 Å². The monoisotopic (exact) mass is 326 g/mol. The highest BCUT2D eigenvalue weighted by molar-refractivity contribution is 6.05. The van der Waals surface area contributed by atoms with Gasteiger partial charge in [0, 0.05) is 28.6 Å². The number of hydrogen-bond acceptors (Lipinski definition) is 2. The SMILES string of the molecule is Nc1ccccc1C(=O)Cc1c(-c2ccccc2)[nH]c2ccccc12. The van der Waals surface area contributed by atoms with E-state index in [1.165, 1.54) is 0 Å². The smallest absolute Gasteiger partial charge is 0.169 e. The van der Waals surface area contributed by atoms with Gasteiger partial charge in [0.2, 0.25) is 0 Å². The van der Waals surface area contributed by atoms with Crippen molar-refractivity contribution in [1.82, 2.24) is 4.98 Å². The zero-order chi connectivity index (χ0) is 17.2. The number of fused-ring (bicyclic) bond motifs is 1. The Morgan fingerprint density at radius 3 is 2.32 bits per heavy atom. The maximum Gasteiger partial charge on any atom is 0.169 e. The molecule has 0 aliphatic heterocycles. The third kappa shape index (κ3) is 2.81. The van der Waals surface area contributed by atoms with Crippen molar-refractivity contribution in [1.29, 1.82) is 0 Å². The number of para-hydroxylation sites is 2. The van der Waals surface area contributed by atoms with E-state index in [9.17, 15) is 4.79 Å². The van der Waals surface area contributed by atoms with E-state index in [0.29, 0.717) is 17.7 Å². The van der Waals surface area contributed by atoms with E-state index in [1.54, 1.807) is 12.1 Å². The fraction of sp³-hybridized carbons (Fsp3) is 0.0455. The molecule has 0 fully saturated rings. The second kappa shape index (κ2) is 6.29. The number of H-pyrrole nitrogens is 1. The number of anilines is 1. The molecule has 3 N–H and O–H groups in total. The highest BCUT2D eigenvalue weighted by atomic mass is 16.1. The molecule has 1 aromatic heterocycles. The van der Waals surface area contributed by atoms with E-state index in [0.717, 1.165) is 27.7 Å². The highest BCUT2D eigenvalue weighted by Gasteiger charge is 2.18. The summed E-state index contributed by atoms with van der Waals surface area (Å²) in [6.45, 7) is 0. The molecule has 0 bridgehead atoms. The van der Waals surface area contributed by atoms with E-state index in [-0.39, 0.29) is 5.78 Å². The minimum atomic E-state index is 0.0278. The number of nitrogens with two attached hydrogens (primary N) is 1. The van der Waals surface area contributed by atoms with Gasteiger partial charge in [0.05, 0.1) is 5.69 Å². The Kier molecular flexibility index (Phi) is 3.82. The van der Waals surface area contributed by atoms with Crippen molar-refractivity contribution in [3.05, 3.63) is 90.0 Å². The first-order valence-corrected chi connectivity index (χ1v) is 8.27. The Morgan fingerprint density at radius 2 is 1.52 bits per heavy atom. The van der Waals surface area contributed by atoms with Gasteiger partial charge in [-0.25, -0.2) is 0 Å². The number of benzene rings is 3. The molecule has 0 atom stereocenters. The number of nitrogens with one attached hydrogen (secondary N) is 1. The van der Waals surface area contributed by atoms with Gasteiger partial charge in [0.25, 0.3) is 0 Å². The Labute approximate surface area is 146 Å². The second-order valence-electron chi connectivity index (χ2n) is 6.08. The summed E-state index contributed by atoms with van der Waals surface area (Å²) in [7, 11) is 0. The van der Waals surface area contributed by atoms with E-state index in [4.69, 9.17) is 5.73 Å². The zero-order valence-corrected chi connectivity index (χ0v) is 13.7. The fourth-order valence-corrected chi connectivity index (χ4v) is 3.24. The molecule has 4 rings (SSSR count). The first kappa shape index (κ1) is 15.2. The van der Waals surface area contributed by atoms with E-state index < -0.39 is 0 Å². The van der Waals surface area contributed by atoms with Crippen molar-refractivity contribution in [3.63, 3.8) is 0 Å². The lowest BCUT2D eigenvalue weighted by atomic mass is 9.97. The number of ketones is 1. The molecule has 3 aromatic carbocycles. The minimum Gasteiger partial charge on any atom is -0.398 e. The van der Waals surface area contributed by atoms with Crippen LogP contribution in [0.5, 0.6) is 0 Å². The first-order valence-electron chi connectivity index (χ1n) is 8.27. The Bertz CT molecular complexity index is 1050. The Balaban J connectivity index is 1.83. The van der Waals surface area contributed by atoms with Gasteiger partial charge >= 0.3 is 0 Å². The summed E-state index contributed by atoms with van der Waals surface area (Å²) in [4.78, 5) is 16.3. The molecule has 0 unspecified atom stereocenters. The number of hydrogen-bond donors (Lipinski definition) is 2. The lowest BCUT2D eigenvalue weighted by Crippen LogP contribution is -2.07. The topological polar surface area (TPSA) is 58.9 Å². The van der Waals surface area contributed by atoms with Crippen LogP contribution in [0.4, 0.5) is 5.69 Å². The molecule has 0 spiro atoms. The van der Waals surface area contributed by atoms with Gasteiger partial charge in [-0.1, -0.05) is 60.7 Å². The van der Waals surface area contributed by atoms with Gasteiger partial charge in [-0.05, 0) is 29.3 Å². The number of nitrogen functional groups attached to an aromatic ring is 1. The maximum absolute atomic E-state index is 12.9. The molecule has 0 saturated carbocycles. The van der Waals surface area contributed by atoms with Gasteiger partial charge in [-0.3, -0.25) is 4.79 Å². The molecule has 0 radical (unpaired) electrons. The largest absolute Gasteiger partial charge is 0.398 e. The van der Waals surface area contributed by atoms with Gasteiger partial charge in [-0.2, -0.15) is 0 Å². The molecular formula is C22H18N2O. The van der Waals surface area contributed by atoms with Gasteiger partial charge in [-0.15, -0.1) is 0 Å². The summed E-state index contributed by atoms with van der Waals surface area (Å²) >= 11 is 0. The molecule has 0 saturated heterocycles. The zero-order valence-electron chi connectivity index (χ0n) is 13.7. The third-order valence-corrected chi connectivity index (χ3v) is 4.47. The molecule has 0 aliphatic carbocycles. The van der Waals surface area contributed by atoms with Crippen LogP contribution >= 0.6 is 0 Å². The average Bonchev–Trinajstić information content (AvgIpc) is 3.01. The van der Waals surface area contributed by atoms with Crippen molar-refractivity contribution in [2.75, 3.05) is 5.73 Å². The highest BCUT2D eigenvalue weighted by Crippen LogP contribution is 2.31. The molecule has 0 aliphatic rings. The molecule has 3 nitrogen and oxygen atoms in total.